The van der Waals surface area contributed by atoms with Crippen LogP contribution in [0.25, 0.3) is 5.57 Å². The molecule has 2 unspecified atom stereocenters. The fourth-order valence-corrected chi connectivity index (χ4v) is 3.97. The lowest BCUT2D eigenvalue weighted by Crippen LogP contribution is -2.32. The summed E-state index contributed by atoms with van der Waals surface area (Å²) in [6.45, 7) is 2.26. The smallest absolute Gasteiger partial charge is 0.160 e. The number of ether oxygens (including phenoxy) is 1. The molecule has 2 heteroatoms. The van der Waals surface area contributed by atoms with Crippen molar-refractivity contribution in [3.8, 4) is 5.75 Å². The quantitative estimate of drug-likeness (QED) is 0.727. The lowest BCUT2D eigenvalue weighted by molar-refractivity contribution is -0.113. The lowest BCUT2D eigenvalue weighted by atomic mass is 9.80. The molecule has 0 amide bonds. The van der Waals surface area contributed by atoms with Gasteiger partial charge in [-0.15, -0.1) is 0 Å². The molecule has 2 atom stereocenters. The molecule has 0 bridgehead atoms. The Bertz CT molecular complexity index is 861. The van der Waals surface area contributed by atoms with E-state index in [-0.39, 0.29) is 11.9 Å². The molecule has 4 rings (SSSR count). The maximum atomic E-state index is 12.0. The van der Waals surface area contributed by atoms with Crippen molar-refractivity contribution in [3.63, 3.8) is 0 Å². The van der Waals surface area contributed by atoms with Crippen LogP contribution in [0.4, 0.5) is 0 Å². The third-order valence-electron chi connectivity index (χ3n) is 5.36. The summed E-state index contributed by atoms with van der Waals surface area (Å²) in [5.74, 6) is 1.47. The van der Waals surface area contributed by atoms with Crippen molar-refractivity contribution in [1.82, 2.24) is 0 Å². The molecule has 1 aliphatic heterocycles. The van der Waals surface area contributed by atoms with E-state index < -0.39 is 0 Å². The Morgan fingerprint density at radius 2 is 1.85 bits per heavy atom. The Balaban J connectivity index is 1.51. The largest absolute Gasteiger partial charge is 0.485 e. The van der Waals surface area contributed by atoms with E-state index in [4.69, 9.17) is 4.74 Å². The van der Waals surface area contributed by atoms with Crippen molar-refractivity contribution in [2.75, 3.05) is 0 Å². The highest BCUT2D eigenvalue weighted by molar-refractivity contribution is 6.05. The van der Waals surface area contributed by atoms with Crippen molar-refractivity contribution in [2.24, 2.45) is 5.92 Å². The molecule has 0 fully saturated rings. The van der Waals surface area contributed by atoms with Gasteiger partial charge in [-0.2, -0.15) is 0 Å². The predicted octanol–water partition coefficient (Wildman–Crippen LogP) is 5.39. The van der Waals surface area contributed by atoms with Crippen molar-refractivity contribution >= 4 is 11.4 Å². The molecule has 26 heavy (non-hydrogen) atoms. The van der Waals surface area contributed by atoms with Gasteiger partial charge in [0.1, 0.15) is 11.9 Å². The molecule has 0 N–H and O–H groups in total. The number of benzene rings is 2. The Morgan fingerprint density at radius 3 is 2.69 bits per heavy atom. The van der Waals surface area contributed by atoms with Crippen LogP contribution in [0.15, 0.2) is 72.3 Å². The summed E-state index contributed by atoms with van der Waals surface area (Å²) in [5.41, 5.74) is 4.68. The van der Waals surface area contributed by atoms with Crippen molar-refractivity contribution in [3.05, 3.63) is 83.4 Å². The zero-order valence-electron chi connectivity index (χ0n) is 15.2. The molecule has 2 aromatic rings. The molecule has 1 heterocycles. The minimum atomic E-state index is 0.0278. The summed E-state index contributed by atoms with van der Waals surface area (Å²) in [6.07, 6.45) is 7.72. The number of hydrogen-bond acceptors (Lipinski definition) is 2. The van der Waals surface area contributed by atoms with E-state index in [2.05, 4.69) is 43.3 Å². The number of carbonyl (C=O) groups excluding carboxylic acids is 1. The van der Waals surface area contributed by atoms with Gasteiger partial charge in [0.05, 0.1) is 0 Å². The molecular formula is C24H24O2. The molecule has 2 aromatic carbocycles. The van der Waals surface area contributed by atoms with E-state index in [1.807, 2.05) is 24.3 Å². The van der Waals surface area contributed by atoms with E-state index in [0.717, 1.165) is 36.1 Å². The van der Waals surface area contributed by atoms with Crippen LogP contribution in [-0.2, 0) is 11.2 Å². The fourth-order valence-electron chi connectivity index (χ4n) is 3.97. The summed E-state index contributed by atoms with van der Waals surface area (Å²) in [7, 11) is 0. The zero-order chi connectivity index (χ0) is 17.9. The van der Waals surface area contributed by atoms with E-state index in [1.54, 1.807) is 6.08 Å². The third kappa shape index (κ3) is 3.37. The number of allylic oxidation sites excluding steroid dienone is 2. The summed E-state index contributed by atoms with van der Waals surface area (Å²) < 4.78 is 6.38. The molecule has 132 valence electrons. The number of fused-ring (bicyclic) bond motifs is 3. The van der Waals surface area contributed by atoms with Gasteiger partial charge in [0.15, 0.2) is 5.78 Å². The average Bonchev–Trinajstić information content (AvgIpc) is 2.68. The van der Waals surface area contributed by atoms with Gasteiger partial charge in [-0.25, -0.2) is 0 Å². The molecule has 2 nitrogen and oxygen atoms in total. The van der Waals surface area contributed by atoms with Crippen LogP contribution >= 0.6 is 0 Å². The molecule has 0 radical (unpaired) electrons. The first-order valence-electron chi connectivity index (χ1n) is 9.47. The maximum absolute atomic E-state index is 12.0. The monoisotopic (exact) mass is 344 g/mol. The molecule has 1 aliphatic carbocycles. The highest BCUT2D eigenvalue weighted by atomic mass is 16.5. The predicted molar refractivity (Wildman–Crippen MR) is 105 cm³/mol. The first kappa shape index (κ1) is 16.8. The molecule has 0 spiro atoms. The van der Waals surface area contributed by atoms with Crippen LogP contribution in [0.2, 0.25) is 0 Å². The number of carbonyl (C=O) groups is 1. The van der Waals surface area contributed by atoms with E-state index >= 15 is 0 Å². The lowest BCUT2D eigenvalue weighted by Gasteiger charge is -2.35. The van der Waals surface area contributed by atoms with E-state index in [1.165, 1.54) is 11.1 Å². The maximum Gasteiger partial charge on any atom is 0.160 e. The number of para-hydroxylation sites is 1. The van der Waals surface area contributed by atoms with Crippen LogP contribution < -0.4 is 4.74 Å². The number of rotatable bonds is 5. The molecular weight excluding hydrogens is 320 g/mol. The van der Waals surface area contributed by atoms with E-state index in [9.17, 15) is 4.79 Å². The minimum Gasteiger partial charge on any atom is -0.485 e. The highest BCUT2D eigenvalue weighted by Gasteiger charge is 2.33. The Morgan fingerprint density at radius 1 is 1.08 bits per heavy atom. The second-order valence-electron chi connectivity index (χ2n) is 7.28. The van der Waals surface area contributed by atoms with Gasteiger partial charge in [-0.05, 0) is 54.0 Å². The number of aryl methyl sites for hydroxylation is 1. The SMILES string of the molecule is CC(CCCc1ccccc1)C1Oc2ccccc2C2=CC(=O)CC=C21. The number of hydrogen-bond donors (Lipinski definition) is 0. The second kappa shape index (κ2) is 7.33. The summed E-state index contributed by atoms with van der Waals surface area (Å²) in [4.78, 5) is 12.0. The van der Waals surface area contributed by atoms with Crippen LogP contribution in [0.5, 0.6) is 5.75 Å². The Labute approximate surface area is 155 Å². The van der Waals surface area contributed by atoms with Gasteiger partial charge >= 0.3 is 0 Å². The zero-order valence-corrected chi connectivity index (χ0v) is 15.2. The van der Waals surface area contributed by atoms with Crippen LogP contribution in [0.3, 0.4) is 0 Å². The minimum absolute atomic E-state index is 0.0278. The molecule has 2 aliphatic rings. The highest BCUT2D eigenvalue weighted by Crippen LogP contribution is 2.43. The van der Waals surface area contributed by atoms with Gasteiger partial charge in [-0.3, -0.25) is 4.79 Å². The third-order valence-corrected chi connectivity index (χ3v) is 5.36. The molecule has 0 saturated carbocycles. The normalized spacial score (nSPS) is 19.6. The fraction of sp³-hybridized carbons (Fsp3) is 0.292. The van der Waals surface area contributed by atoms with Crippen LogP contribution in [0, 0.1) is 5.92 Å². The standard InChI is InChI=1S/C24H24O2/c1-17(8-7-11-18-9-3-2-4-10-18)24-21-15-14-19(25)16-22(21)20-12-5-6-13-23(20)26-24/h2-6,9-10,12-13,15-17,24H,7-8,11,14H2,1H3. The van der Waals surface area contributed by atoms with Gasteiger partial charge in [0, 0.05) is 12.0 Å². The summed E-state index contributed by atoms with van der Waals surface area (Å²) >= 11 is 0. The Kier molecular flexibility index (Phi) is 4.75. The number of ketones is 1. The first-order chi connectivity index (χ1) is 12.7. The second-order valence-corrected chi connectivity index (χ2v) is 7.28. The molecule has 0 aromatic heterocycles. The van der Waals surface area contributed by atoms with Gasteiger partial charge < -0.3 is 4.74 Å². The summed E-state index contributed by atoms with van der Waals surface area (Å²) in [5, 5.41) is 0. The Hall–Kier alpha value is -2.61. The van der Waals surface area contributed by atoms with Gasteiger partial charge in [-0.1, -0.05) is 61.5 Å². The van der Waals surface area contributed by atoms with Crippen LogP contribution in [-0.4, -0.2) is 11.9 Å². The van der Waals surface area contributed by atoms with Crippen molar-refractivity contribution in [2.45, 2.75) is 38.7 Å². The van der Waals surface area contributed by atoms with E-state index in [0.29, 0.717) is 12.3 Å². The van der Waals surface area contributed by atoms with Crippen LogP contribution in [0.1, 0.15) is 37.3 Å². The molecule has 0 saturated heterocycles. The average molecular weight is 344 g/mol. The van der Waals surface area contributed by atoms with Crippen molar-refractivity contribution < 1.29 is 9.53 Å². The topological polar surface area (TPSA) is 26.3 Å². The van der Waals surface area contributed by atoms with Crippen molar-refractivity contribution in [1.29, 1.82) is 0 Å². The first-order valence-corrected chi connectivity index (χ1v) is 9.47. The van der Waals surface area contributed by atoms with Gasteiger partial charge in [0.2, 0.25) is 0 Å². The van der Waals surface area contributed by atoms with Gasteiger partial charge in [0.25, 0.3) is 0 Å². The summed E-state index contributed by atoms with van der Waals surface area (Å²) in [6, 6.07) is 18.7.